The van der Waals surface area contributed by atoms with E-state index in [2.05, 4.69) is 15.4 Å². The van der Waals surface area contributed by atoms with Crippen molar-refractivity contribution in [2.75, 3.05) is 5.32 Å². The smallest absolute Gasteiger partial charge is 0.158 e. The highest BCUT2D eigenvalue weighted by Gasteiger charge is 2.25. The molecule has 1 aliphatic carbocycles. The summed E-state index contributed by atoms with van der Waals surface area (Å²) in [7, 11) is 0. The molecule has 0 spiro atoms. The van der Waals surface area contributed by atoms with Gasteiger partial charge in [-0.2, -0.15) is 4.52 Å². The maximum Gasteiger partial charge on any atom is 0.158 e. The lowest BCUT2D eigenvalue weighted by Gasteiger charge is -2.17. The van der Waals surface area contributed by atoms with Crippen LogP contribution >= 0.6 is 0 Å². The molecule has 5 heteroatoms. The van der Waals surface area contributed by atoms with Crippen LogP contribution in [0.3, 0.4) is 0 Å². The normalized spacial score (nSPS) is 16.2. The molecule has 4 nitrogen and oxygen atoms in total. The molecular formula is C13H17FN4. The topological polar surface area (TPSA) is 42.2 Å². The van der Waals surface area contributed by atoms with Gasteiger partial charge in [-0.15, -0.1) is 5.10 Å². The van der Waals surface area contributed by atoms with Crippen LogP contribution in [0.25, 0.3) is 5.65 Å². The maximum atomic E-state index is 14.1. The highest BCUT2D eigenvalue weighted by Crippen LogP contribution is 2.30. The predicted octanol–water partition coefficient (Wildman–Crippen LogP) is 2.82. The number of alkyl halides is 1. The molecule has 0 radical (unpaired) electrons. The molecule has 0 aromatic carbocycles. The van der Waals surface area contributed by atoms with Crippen LogP contribution in [-0.2, 0) is 5.67 Å². The minimum atomic E-state index is -1.37. The van der Waals surface area contributed by atoms with Gasteiger partial charge in [0.25, 0.3) is 0 Å². The van der Waals surface area contributed by atoms with Gasteiger partial charge in [0.15, 0.2) is 5.65 Å². The molecule has 3 rings (SSSR count). The first-order valence-corrected chi connectivity index (χ1v) is 6.27. The number of fused-ring (bicyclic) bond motifs is 1. The first-order chi connectivity index (χ1) is 8.43. The van der Waals surface area contributed by atoms with E-state index in [0.717, 1.165) is 5.82 Å². The summed E-state index contributed by atoms with van der Waals surface area (Å²) in [6.07, 6.45) is 2.33. The van der Waals surface area contributed by atoms with Crippen LogP contribution in [0.4, 0.5) is 10.2 Å². The second kappa shape index (κ2) is 3.67. The number of halogens is 1. The number of anilines is 1. The Hall–Kier alpha value is -1.65. The maximum absolute atomic E-state index is 14.1. The van der Waals surface area contributed by atoms with E-state index in [-0.39, 0.29) is 0 Å². The standard InChI is InChI=1S/C13H17FN4/c1-8-15-11-6-9(13(2,3)14)7-12(18(11)17-8)16-10-4-5-10/h6-7,10,16H,4-5H2,1-3H3. The van der Waals surface area contributed by atoms with Crippen LogP contribution in [0.2, 0.25) is 0 Å². The monoisotopic (exact) mass is 248 g/mol. The first kappa shape index (κ1) is 11.4. The molecule has 96 valence electrons. The largest absolute Gasteiger partial charge is 0.367 e. The van der Waals surface area contributed by atoms with Gasteiger partial charge < -0.3 is 5.32 Å². The molecule has 1 fully saturated rings. The zero-order valence-corrected chi connectivity index (χ0v) is 10.9. The summed E-state index contributed by atoms with van der Waals surface area (Å²) in [5.74, 6) is 1.53. The van der Waals surface area contributed by atoms with Gasteiger partial charge in [-0.05, 0) is 51.3 Å². The zero-order valence-electron chi connectivity index (χ0n) is 10.9. The van der Waals surface area contributed by atoms with E-state index >= 15 is 0 Å². The molecule has 0 amide bonds. The molecule has 1 N–H and O–H groups in total. The lowest BCUT2D eigenvalue weighted by atomic mass is 10.0. The van der Waals surface area contributed by atoms with Crippen molar-refractivity contribution in [3.05, 3.63) is 23.5 Å². The Balaban J connectivity index is 2.15. The van der Waals surface area contributed by atoms with Gasteiger partial charge in [0, 0.05) is 6.04 Å². The molecule has 0 atom stereocenters. The average molecular weight is 248 g/mol. The molecule has 2 aromatic heterocycles. The van der Waals surface area contributed by atoms with Crippen molar-refractivity contribution in [3.63, 3.8) is 0 Å². The van der Waals surface area contributed by atoms with Crippen molar-refractivity contribution in [3.8, 4) is 0 Å². The molecule has 0 aliphatic heterocycles. The van der Waals surface area contributed by atoms with E-state index in [0.29, 0.717) is 23.1 Å². The van der Waals surface area contributed by atoms with Crippen LogP contribution in [0.5, 0.6) is 0 Å². The second-order valence-corrected chi connectivity index (χ2v) is 5.45. The lowest BCUT2D eigenvalue weighted by Crippen LogP contribution is -2.13. The number of hydrogen-bond donors (Lipinski definition) is 1. The molecule has 0 unspecified atom stereocenters. The minimum absolute atomic E-state index is 0.496. The molecule has 0 bridgehead atoms. The van der Waals surface area contributed by atoms with Gasteiger partial charge in [-0.3, -0.25) is 0 Å². The van der Waals surface area contributed by atoms with Gasteiger partial charge in [-0.1, -0.05) is 0 Å². The Morgan fingerprint density at radius 3 is 2.72 bits per heavy atom. The molecular weight excluding hydrogens is 231 g/mol. The summed E-state index contributed by atoms with van der Waals surface area (Å²) >= 11 is 0. The second-order valence-electron chi connectivity index (χ2n) is 5.45. The number of pyridine rings is 1. The molecule has 18 heavy (non-hydrogen) atoms. The lowest BCUT2D eigenvalue weighted by molar-refractivity contribution is 0.221. The van der Waals surface area contributed by atoms with Crippen molar-refractivity contribution in [1.29, 1.82) is 0 Å². The fraction of sp³-hybridized carbons (Fsp3) is 0.538. The third kappa shape index (κ3) is 2.05. The Kier molecular flexibility index (Phi) is 2.33. The van der Waals surface area contributed by atoms with E-state index in [9.17, 15) is 4.39 Å². The summed E-state index contributed by atoms with van der Waals surface area (Å²) in [4.78, 5) is 4.32. The van der Waals surface area contributed by atoms with Crippen LogP contribution < -0.4 is 5.32 Å². The van der Waals surface area contributed by atoms with Gasteiger partial charge >= 0.3 is 0 Å². The molecule has 2 aromatic rings. The quantitative estimate of drug-likeness (QED) is 0.908. The number of aryl methyl sites for hydroxylation is 1. The summed E-state index contributed by atoms with van der Waals surface area (Å²) in [6, 6.07) is 4.09. The third-order valence-electron chi connectivity index (χ3n) is 3.16. The van der Waals surface area contributed by atoms with Gasteiger partial charge in [0.2, 0.25) is 0 Å². The molecule has 0 saturated heterocycles. The van der Waals surface area contributed by atoms with Crippen LogP contribution in [0.1, 0.15) is 38.1 Å². The number of rotatable bonds is 3. The number of hydrogen-bond acceptors (Lipinski definition) is 3. The fourth-order valence-electron chi connectivity index (χ4n) is 1.97. The summed E-state index contributed by atoms with van der Waals surface area (Å²) < 4.78 is 15.9. The third-order valence-corrected chi connectivity index (χ3v) is 3.16. The summed E-state index contributed by atoms with van der Waals surface area (Å²) in [6.45, 7) is 4.96. The van der Waals surface area contributed by atoms with Gasteiger partial charge in [-0.25, -0.2) is 9.37 Å². The minimum Gasteiger partial charge on any atom is -0.367 e. The highest BCUT2D eigenvalue weighted by molar-refractivity contribution is 5.54. The van der Waals surface area contributed by atoms with Gasteiger partial charge in [0.1, 0.15) is 17.3 Å². The molecule has 1 aliphatic rings. The van der Waals surface area contributed by atoms with Crippen molar-refractivity contribution in [2.45, 2.75) is 45.3 Å². The Morgan fingerprint density at radius 1 is 1.39 bits per heavy atom. The average Bonchev–Trinajstić information content (AvgIpc) is 2.97. The van der Waals surface area contributed by atoms with Crippen molar-refractivity contribution < 1.29 is 4.39 Å². The van der Waals surface area contributed by atoms with Crippen molar-refractivity contribution in [2.24, 2.45) is 0 Å². The number of nitrogens with one attached hydrogen (secondary N) is 1. The van der Waals surface area contributed by atoms with Crippen LogP contribution in [0.15, 0.2) is 12.1 Å². The SMILES string of the molecule is Cc1nc2cc(C(C)(C)F)cc(NC3CC3)n2n1. The predicted molar refractivity (Wildman–Crippen MR) is 68.5 cm³/mol. The van der Waals surface area contributed by atoms with Crippen LogP contribution in [-0.4, -0.2) is 20.6 Å². The Morgan fingerprint density at radius 2 is 2.11 bits per heavy atom. The van der Waals surface area contributed by atoms with E-state index in [1.54, 1.807) is 24.4 Å². The van der Waals surface area contributed by atoms with E-state index in [1.807, 2.05) is 13.0 Å². The zero-order chi connectivity index (χ0) is 12.9. The van der Waals surface area contributed by atoms with E-state index < -0.39 is 5.67 Å². The molecule has 1 saturated carbocycles. The number of nitrogens with zero attached hydrogens (tertiary/aromatic N) is 3. The van der Waals surface area contributed by atoms with Gasteiger partial charge in [0.05, 0.1) is 0 Å². The fourth-order valence-corrected chi connectivity index (χ4v) is 1.97. The Bertz CT molecular complexity index is 593. The van der Waals surface area contributed by atoms with E-state index in [4.69, 9.17) is 0 Å². The van der Waals surface area contributed by atoms with Crippen molar-refractivity contribution in [1.82, 2.24) is 14.6 Å². The highest BCUT2D eigenvalue weighted by atomic mass is 19.1. The molecule has 2 heterocycles. The Labute approximate surface area is 105 Å². The summed E-state index contributed by atoms with van der Waals surface area (Å²) in [5, 5.41) is 7.72. The summed E-state index contributed by atoms with van der Waals surface area (Å²) in [5.41, 5.74) is -0.0499. The van der Waals surface area contributed by atoms with E-state index in [1.165, 1.54) is 12.8 Å². The first-order valence-electron chi connectivity index (χ1n) is 6.27. The van der Waals surface area contributed by atoms with Crippen LogP contribution in [0, 0.1) is 6.92 Å². The van der Waals surface area contributed by atoms with Crippen molar-refractivity contribution >= 4 is 11.5 Å². The number of aromatic nitrogens is 3.